The number of hydrogen-bond acceptors (Lipinski definition) is 2. The fourth-order valence-corrected chi connectivity index (χ4v) is 2.84. The Kier molecular flexibility index (Phi) is 5.11. The third kappa shape index (κ3) is 3.80. The van der Waals surface area contributed by atoms with Gasteiger partial charge in [-0.05, 0) is 25.0 Å². The van der Waals surface area contributed by atoms with E-state index < -0.39 is 17.7 Å². The summed E-state index contributed by atoms with van der Waals surface area (Å²) in [7, 11) is 0. The SMILES string of the molecule is CCC(C(=O)N1CCNC(C)C1)c1cccc(C(F)(F)F)c1. The van der Waals surface area contributed by atoms with Crippen molar-refractivity contribution >= 4 is 5.91 Å². The molecule has 0 saturated carbocycles. The number of rotatable bonds is 3. The van der Waals surface area contributed by atoms with Crippen LogP contribution in [0.15, 0.2) is 24.3 Å². The van der Waals surface area contributed by atoms with Crippen LogP contribution in [0.4, 0.5) is 13.2 Å². The summed E-state index contributed by atoms with van der Waals surface area (Å²) in [5.41, 5.74) is -0.265. The standard InChI is InChI=1S/C16H21F3N2O/c1-3-14(15(22)21-8-7-20-11(2)10-21)12-5-4-6-13(9-12)16(17,18)19/h4-6,9,11,14,20H,3,7-8,10H2,1-2H3. The predicted octanol–water partition coefficient (Wildman–Crippen LogP) is 3.02. The monoisotopic (exact) mass is 314 g/mol. The zero-order valence-corrected chi connectivity index (χ0v) is 12.8. The number of piperazine rings is 1. The molecule has 0 aliphatic carbocycles. The topological polar surface area (TPSA) is 32.3 Å². The van der Waals surface area contributed by atoms with E-state index in [1.54, 1.807) is 11.0 Å². The average Bonchev–Trinajstić information content (AvgIpc) is 2.47. The minimum atomic E-state index is -4.39. The van der Waals surface area contributed by atoms with Gasteiger partial charge >= 0.3 is 6.18 Å². The van der Waals surface area contributed by atoms with Crippen LogP contribution in [0.3, 0.4) is 0 Å². The van der Waals surface area contributed by atoms with Crippen LogP contribution >= 0.6 is 0 Å². The van der Waals surface area contributed by atoms with E-state index in [0.29, 0.717) is 31.6 Å². The van der Waals surface area contributed by atoms with Crippen molar-refractivity contribution in [1.29, 1.82) is 0 Å². The second kappa shape index (κ2) is 6.69. The summed E-state index contributed by atoms with van der Waals surface area (Å²) < 4.78 is 38.5. The van der Waals surface area contributed by atoms with Gasteiger partial charge in [-0.1, -0.05) is 25.1 Å². The number of hydrogen-bond donors (Lipinski definition) is 1. The van der Waals surface area contributed by atoms with Crippen molar-refractivity contribution in [3.8, 4) is 0 Å². The van der Waals surface area contributed by atoms with Gasteiger partial charge in [-0.2, -0.15) is 13.2 Å². The molecule has 1 fully saturated rings. The van der Waals surface area contributed by atoms with Gasteiger partial charge in [-0.15, -0.1) is 0 Å². The first kappa shape index (κ1) is 16.8. The molecule has 122 valence electrons. The molecule has 1 aliphatic rings. The van der Waals surface area contributed by atoms with Gasteiger partial charge < -0.3 is 10.2 Å². The van der Waals surface area contributed by atoms with Crippen LogP contribution in [0.25, 0.3) is 0 Å². The van der Waals surface area contributed by atoms with Crippen molar-refractivity contribution in [3.63, 3.8) is 0 Å². The first-order valence-electron chi connectivity index (χ1n) is 7.52. The average molecular weight is 314 g/mol. The molecule has 22 heavy (non-hydrogen) atoms. The number of nitrogens with zero attached hydrogens (tertiary/aromatic N) is 1. The highest BCUT2D eigenvalue weighted by Crippen LogP contribution is 2.32. The summed E-state index contributed by atoms with van der Waals surface area (Å²) in [6, 6.07) is 5.31. The number of halogens is 3. The normalized spacial score (nSPS) is 20.8. The first-order valence-corrected chi connectivity index (χ1v) is 7.52. The zero-order chi connectivity index (χ0) is 16.3. The molecule has 1 amide bonds. The molecule has 0 radical (unpaired) electrons. The molecule has 1 N–H and O–H groups in total. The summed E-state index contributed by atoms with van der Waals surface area (Å²) in [6.07, 6.45) is -3.90. The number of amides is 1. The maximum atomic E-state index is 12.8. The van der Waals surface area contributed by atoms with E-state index in [1.807, 2.05) is 13.8 Å². The second-order valence-corrected chi connectivity index (χ2v) is 5.72. The molecular formula is C16H21F3N2O. The van der Waals surface area contributed by atoms with Crippen LogP contribution in [0.1, 0.15) is 37.3 Å². The fourth-order valence-electron chi connectivity index (χ4n) is 2.84. The second-order valence-electron chi connectivity index (χ2n) is 5.72. The highest BCUT2D eigenvalue weighted by molar-refractivity contribution is 5.84. The van der Waals surface area contributed by atoms with E-state index in [4.69, 9.17) is 0 Å². The first-order chi connectivity index (χ1) is 10.3. The van der Waals surface area contributed by atoms with Crippen LogP contribution in [0.5, 0.6) is 0 Å². The number of carbonyl (C=O) groups excluding carboxylic acids is 1. The quantitative estimate of drug-likeness (QED) is 0.930. The minimum absolute atomic E-state index is 0.0878. The lowest BCUT2D eigenvalue weighted by Crippen LogP contribution is -2.52. The molecule has 1 heterocycles. The molecule has 1 aromatic carbocycles. The molecule has 6 heteroatoms. The van der Waals surface area contributed by atoms with Crippen LogP contribution in [-0.4, -0.2) is 36.5 Å². The van der Waals surface area contributed by atoms with E-state index in [2.05, 4.69) is 5.32 Å². The van der Waals surface area contributed by atoms with Crippen molar-refractivity contribution in [2.45, 2.75) is 38.4 Å². The Morgan fingerprint density at radius 2 is 2.18 bits per heavy atom. The van der Waals surface area contributed by atoms with Gasteiger partial charge in [0.2, 0.25) is 5.91 Å². The minimum Gasteiger partial charge on any atom is -0.339 e. The molecule has 2 atom stereocenters. The van der Waals surface area contributed by atoms with Crippen molar-refractivity contribution in [1.82, 2.24) is 10.2 Å². The Labute approximate surface area is 128 Å². The fraction of sp³-hybridized carbons (Fsp3) is 0.562. The van der Waals surface area contributed by atoms with Gasteiger partial charge in [0.15, 0.2) is 0 Å². The summed E-state index contributed by atoms with van der Waals surface area (Å²) in [5.74, 6) is -0.609. The molecule has 0 bridgehead atoms. The van der Waals surface area contributed by atoms with Crippen LogP contribution in [-0.2, 0) is 11.0 Å². The van der Waals surface area contributed by atoms with Gasteiger partial charge in [0.05, 0.1) is 11.5 Å². The molecule has 0 aromatic heterocycles. The molecule has 1 aliphatic heterocycles. The highest BCUT2D eigenvalue weighted by atomic mass is 19.4. The van der Waals surface area contributed by atoms with E-state index in [0.717, 1.165) is 12.1 Å². The highest BCUT2D eigenvalue weighted by Gasteiger charge is 2.32. The third-order valence-corrected chi connectivity index (χ3v) is 4.00. The molecule has 3 nitrogen and oxygen atoms in total. The molecule has 2 unspecified atom stereocenters. The van der Waals surface area contributed by atoms with Gasteiger partial charge in [0.1, 0.15) is 0 Å². The number of benzene rings is 1. The Morgan fingerprint density at radius 3 is 2.77 bits per heavy atom. The smallest absolute Gasteiger partial charge is 0.339 e. The molecular weight excluding hydrogens is 293 g/mol. The van der Waals surface area contributed by atoms with Crippen molar-refractivity contribution in [2.75, 3.05) is 19.6 Å². The Hall–Kier alpha value is -1.56. The Bertz CT molecular complexity index is 530. The molecule has 2 rings (SSSR count). The van der Waals surface area contributed by atoms with E-state index in [-0.39, 0.29) is 11.9 Å². The van der Waals surface area contributed by atoms with Crippen molar-refractivity contribution < 1.29 is 18.0 Å². The predicted molar refractivity (Wildman–Crippen MR) is 78.5 cm³/mol. The number of nitrogens with one attached hydrogen (secondary N) is 1. The lowest BCUT2D eigenvalue weighted by atomic mass is 9.93. The van der Waals surface area contributed by atoms with Crippen LogP contribution in [0.2, 0.25) is 0 Å². The van der Waals surface area contributed by atoms with Gasteiger partial charge in [0, 0.05) is 25.7 Å². The van der Waals surface area contributed by atoms with E-state index >= 15 is 0 Å². The van der Waals surface area contributed by atoms with Crippen molar-refractivity contribution in [3.05, 3.63) is 35.4 Å². The Morgan fingerprint density at radius 1 is 1.45 bits per heavy atom. The van der Waals surface area contributed by atoms with E-state index in [9.17, 15) is 18.0 Å². The third-order valence-electron chi connectivity index (χ3n) is 4.00. The van der Waals surface area contributed by atoms with Crippen LogP contribution < -0.4 is 5.32 Å². The molecule has 0 spiro atoms. The largest absolute Gasteiger partial charge is 0.416 e. The van der Waals surface area contributed by atoms with E-state index in [1.165, 1.54) is 6.07 Å². The van der Waals surface area contributed by atoms with Gasteiger partial charge in [0.25, 0.3) is 0 Å². The van der Waals surface area contributed by atoms with Gasteiger partial charge in [-0.25, -0.2) is 0 Å². The zero-order valence-electron chi connectivity index (χ0n) is 12.8. The Balaban J connectivity index is 2.22. The summed E-state index contributed by atoms with van der Waals surface area (Å²) in [4.78, 5) is 14.4. The molecule has 1 saturated heterocycles. The summed E-state index contributed by atoms with van der Waals surface area (Å²) >= 11 is 0. The molecule has 1 aromatic rings. The maximum absolute atomic E-state index is 12.8. The number of alkyl halides is 3. The van der Waals surface area contributed by atoms with Crippen molar-refractivity contribution in [2.24, 2.45) is 0 Å². The maximum Gasteiger partial charge on any atom is 0.416 e. The van der Waals surface area contributed by atoms with Crippen LogP contribution in [0, 0.1) is 0 Å². The summed E-state index contributed by atoms with van der Waals surface area (Å²) in [6.45, 7) is 5.72. The summed E-state index contributed by atoms with van der Waals surface area (Å²) in [5, 5.41) is 3.25. The van der Waals surface area contributed by atoms with Gasteiger partial charge in [-0.3, -0.25) is 4.79 Å². The lowest BCUT2D eigenvalue weighted by molar-refractivity contribution is -0.138. The number of carbonyl (C=O) groups is 1. The lowest BCUT2D eigenvalue weighted by Gasteiger charge is -2.34.